The molecule has 0 saturated heterocycles. The van der Waals surface area contributed by atoms with Crippen molar-refractivity contribution >= 4 is 45.6 Å². The van der Waals surface area contributed by atoms with Crippen LogP contribution in [0.1, 0.15) is 35.8 Å². The number of nitrogens with zero attached hydrogens (tertiary/aromatic N) is 5. The summed E-state index contributed by atoms with van der Waals surface area (Å²) in [7, 11) is 0. The van der Waals surface area contributed by atoms with Crippen molar-refractivity contribution in [2.24, 2.45) is 0 Å². The number of hydrogen-bond acceptors (Lipinski definition) is 7. The summed E-state index contributed by atoms with van der Waals surface area (Å²) < 4.78 is 1.56. The van der Waals surface area contributed by atoms with Gasteiger partial charge in [0.05, 0.1) is 16.5 Å². The molecule has 4 rings (SSSR count). The number of thiophene rings is 1. The molecule has 7 nitrogen and oxygen atoms in total. The minimum Gasteiger partial charge on any atom is -0.316 e. The Kier molecular flexibility index (Phi) is 5.85. The highest BCUT2D eigenvalue weighted by Crippen LogP contribution is 2.38. The lowest BCUT2D eigenvalue weighted by Gasteiger charge is -2.11. The molecule has 29 heavy (non-hydrogen) atoms. The Bertz CT molecular complexity index is 1090. The van der Waals surface area contributed by atoms with Crippen molar-refractivity contribution in [1.82, 2.24) is 20.2 Å². The van der Waals surface area contributed by atoms with Crippen LogP contribution in [0.2, 0.25) is 5.02 Å². The number of amides is 1. The minimum atomic E-state index is -0.447. The fourth-order valence-electron chi connectivity index (χ4n) is 3.19. The lowest BCUT2D eigenvalue weighted by atomic mass is 9.96. The van der Waals surface area contributed by atoms with Crippen molar-refractivity contribution in [3.05, 3.63) is 45.3 Å². The van der Waals surface area contributed by atoms with Gasteiger partial charge in [0.2, 0.25) is 11.1 Å². The molecule has 1 atom stereocenters. The molecule has 148 valence electrons. The van der Waals surface area contributed by atoms with Crippen molar-refractivity contribution < 1.29 is 4.79 Å². The molecule has 1 N–H and O–H groups in total. The zero-order valence-electron chi connectivity index (χ0n) is 15.6. The fraction of sp³-hybridized carbons (Fsp3) is 0.316. The van der Waals surface area contributed by atoms with Crippen LogP contribution in [-0.2, 0) is 17.6 Å². The molecule has 1 aromatic carbocycles. The van der Waals surface area contributed by atoms with E-state index in [1.807, 2.05) is 12.1 Å². The van der Waals surface area contributed by atoms with E-state index in [1.165, 1.54) is 28.0 Å². The second-order valence-electron chi connectivity index (χ2n) is 6.63. The number of aromatic nitrogens is 4. The van der Waals surface area contributed by atoms with Crippen molar-refractivity contribution in [3.63, 3.8) is 0 Å². The first-order valence-corrected chi connectivity index (χ1v) is 11.2. The maximum Gasteiger partial charge on any atom is 0.238 e. The monoisotopic (exact) mass is 444 g/mol. The zero-order chi connectivity index (χ0) is 20.4. The highest BCUT2D eigenvalue weighted by atomic mass is 35.5. The van der Waals surface area contributed by atoms with E-state index in [0.29, 0.717) is 20.7 Å². The van der Waals surface area contributed by atoms with Crippen LogP contribution in [0.4, 0.5) is 5.00 Å². The molecule has 0 saturated carbocycles. The van der Waals surface area contributed by atoms with Gasteiger partial charge in [0.25, 0.3) is 0 Å². The Morgan fingerprint density at radius 1 is 1.34 bits per heavy atom. The van der Waals surface area contributed by atoms with Gasteiger partial charge in [-0.1, -0.05) is 23.4 Å². The van der Waals surface area contributed by atoms with E-state index in [0.717, 1.165) is 36.9 Å². The summed E-state index contributed by atoms with van der Waals surface area (Å²) in [5, 5.41) is 25.6. The van der Waals surface area contributed by atoms with Crippen LogP contribution in [0.15, 0.2) is 29.4 Å². The van der Waals surface area contributed by atoms with E-state index in [4.69, 9.17) is 11.6 Å². The Labute approximate surface area is 181 Å². The minimum absolute atomic E-state index is 0.184. The molecule has 3 aromatic rings. The van der Waals surface area contributed by atoms with E-state index >= 15 is 0 Å². The van der Waals surface area contributed by atoms with Gasteiger partial charge in [0.15, 0.2) is 0 Å². The number of thioether (sulfide) groups is 1. The number of carbonyl (C=O) groups excluding carboxylic acids is 1. The molecule has 0 spiro atoms. The third-order valence-corrected chi connectivity index (χ3v) is 7.18. The lowest BCUT2D eigenvalue weighted by Crippen LogP contribution is -2.23. The molecule has 0 radical (unpaired) electrons. The quantitative estimate of drug-likeness (QED) is 0.591. The lowest BCUT2D eigenvalue weighted by molar-refractivity contribution is -0.115. The Hall–Kier alpha value is -2.41. The number of fused-ring (bicyclic) bond motifs is 1. The molecule has 1 amide bonds. The van der Waals surface area contributed by atoms with Crippen LogP contribution in [0.3, 0.4) is 0 Å². The number of nitrogens with one attached hydrogen (secondary N) is 1. The molecule has 2 aromatic heterocycles. The van der Waals surface area contributed by atoms with Crippen LogP contribution in [0.5, 0.6) is 0 Å². The number of tetrazole rings is 1. The number of halogens is 1. The van der Waals surface area contributed by atoms with E-state index in [9.17, 15) is 10.1 Å². The molecule has 10 heteroatoms. The summed E-state index contributed by atoms with van der Waals surface area (Å²) in [5.74, 6) is -0.184. The second kappa shape index (κ2) is 8.53. The number of aryl methyl sites for hydroxylation is 1. The first-order valence-electron chi connectivity index (χ1n) is 9.13. The summed E-state index contributed by atoms with van der Waals surface area (Å²) in [4.78, 5) is 14.0. The summed E-state index contributed by atoms with van der Waals surface area (Å²) in [6, 6.07) is 9.40. The zero-order valence-corrected chi connectivity index (χ0v) is 17.9. The Balaban J connectivity index is 1.49. The molecule has 0 fully saturated rings. The first-order chi connectivity index (χ1) is 14.1. The maximum atomic E-state index is 12.8. The summed E-state index contributed by atoms with van der Waals surface area (Å²) >= 11 is 8.71. The Morgan fingerprint density at radius 2 is 2.10 bits per heavy atom. The third kappa shape index (κ3) is 4.15. The number of nitriles is 1. The van der Waals surface area contributed by atoms with E-state index in [1.54, 1.807) is 23.7 Å². The summed E-state index contributed by atoms with van der Waals surface area (Å²) in [5.41, 5.74) is 2.47. The van der Waals surface area contributed by atoms with Crippen molar-refractivity contribution in [2.75, 3.05) is 5.32 Å². The average Bonchev–Trinajstić information content (AvgIpc) is 3.32. The molecule has 2 heterocycles. The smallest absolute Gasteiger partial charge is 0.238 e. The van der Waals surface area contributed by atoms with Gasteiger partial charge in [0, 0.05) is 9.90 Å². The van der Waals surface area contributed by atoms with E-state index in [-0.39, 0.29) is 5.91 Å². The molecule has 1 aliphatic rings. The van der Waals surface area contributed by atoms with Gasteiger partial charge in [-0.15, -0.1) is 16.4 Å². The number of carbonyl (C=O) groups is 1. The van der Waals surface area contributed by atoms with E-state index in [2.05, 4.69) is 26.9 Å². The van der Waals surface area contributed by atoms with Crippen LogP contribution in [0, 0.1) is 11.3 Å². The van der Waals surface area contributed by atoms with Gasteiger partial charge in [-0.3, -0.25) is 4.79 Å². The largest absolute Gasteiger partial charge is 0.316 e. The highest BCUT2D eigenvalue weighted by molar-refractivity contribution is 8.00. The summed E-state index contributed by atoms with van der Waals surface area (Å²) in [6.45, 7) is 1.79. The molecule has 1 aliphatic carbocycles. The molecule has 0 aliphatic heterocycles. The first kappa shape index (κ1) is 19.9. The van der Waals surface area contributed by atoms with Crippen molar-refractivity contribution in [2.45, 2.75) is 43.0 Å². The number of rotatable bonds is 5. The molecular weight excluding hydrogens is 428 g/mol. The predicted octanol–water partition coefficient (Wildman–Crippen LogP) is 4.25. The van der Waals surface area contributed by atoms with Crippen molar-refractivity contribution in [1.29, 1.82) is 5.26 Å². The highest BCUT2D eigenvalue weighted by Gasteiger charge is 2.24. The van der Waals surface area contributed by atoms with Gasteiger partial charge in [0.1, 0.15) is 11.1 Å². The number of benzene rings is 1. The van der Waals surface area contributed by atoms with Crippen LogP contribution < -0.4 is 5.32 Å². The summed E-state index contributed by atoms with van der Waals surface area (Å²) in [6.07, 6.45) is 4.10. The van der Waals surface area contributed by atoms with Gasteiger partial charge in [-0.05, 0) is 72.9 Å². The van der Waals surface area contributed by atoms with Crippen LogP contribution in [0.25, 0.3) is 5.69 Å². The van der Waals surface area contributed by atoms with Gasteiger partial charge in [-0.2, -0.15) is 9.94 Å². The maximum absolute atomic E-state index is 12.8. The van der Waals surface area contributed by atoms with Gasteiger partial charge >= 0.3 is 0 Å². The van der Waals surface area contributed by atoms with E-state index < -0.39 is 5.25 Å². The number of hydrogen-bond donors (Lipinski definition) is 1. The topological polar surface area (TPSA) is 96.5 Å². The molecular formula is C19H17ClN6OS2. The van der Waals surface area contributed by atoms with Crippen LogP contribution >= 0.6 is 34.7 Å². The second-order valence-corrected chi connectivity index (χ2v) is 9.48. The third-order valence-electron chi connectivity index (χ3n) is 4.68. The Morgan fingerprint density at radius 3 is 2.86 bits per heavy atom. The standard InChI is InChI=1S/C19H17ClN6OS2/c1-11(28-19-23-24-25-26(19)13-8-6-12(20)7-9-13)17(27)22-18-15(10-21)14-4-2-3-5-16(14)29-18/h6-9,11H,2-5H2,1H3,(H,22,27). The number of anilines is 1. The SMILES string of the molecule is CC(Sc1nnnn1-c1ccc(Cl)cc1)C(=O)Nc1sc2c(c1C#N)CCCC2. The normalized spacial score (nSPS) is 14.1. The van der Waals surface area contributed by atoms with Crippen LogP contribution in [-0.4, -0.2) is 31.4 Å². The fourth-order valence-corrected chi connectivity index (χ4v) is 5.37. The predicted molar refractivity (Wildman–Crippen MR) is 114 cm³/mol. The van der Waals surface area contributed by atoms with Gasteiger partial charge in [-0.25, -0.2) is 0 Å². The average molecular weight is 445 g/mol. The van der Waals surface area contributed by atoms with Gasteiger partial charge < -0.3 is 5.32 Å². The van der Waals surface area contributed by atoms with Crippen molar-refractivity contribution in [3.8, 4) is 11.8 Å². The molecule has 1 unspecified atom stereocenters. The molecule has 0 bridgehead atoms.